The molecule has 0 aromatic heterocycles. The largest absolute Gasteiger partial charge is 0.470 e. The lowest BCUT2D eigenvalue weighted by Gasteiger charge is -2.24. The summed E-state index contributed by atoms with van der Waals surface area (Å²) in [6.45, 7) is 0.524. The van der Waals surface area contributed by atoms with Gasteiger partial charge in [0, 0.05) is 6.61 Å². The van der Waals surface area contributed by atoms with Gasteiger partial charge in [-0.3, -0.25) is 13.6 Å². The molecule has 14 nitrogen and oxygen atoms in total. The fourth-order valence-corrected chi connectivity index (χ4v) is 3.30. The smallest absolute Gasteiger partial charge is 0.350 e. The number of phosphoric ester groups is 3. The summed E-state index contributed by atoms with van der Waals surface area (Å²) in [6, 6.07) is 0. The third-order valence-corrected chi connectivity index (χ3v) is 4.04. The maximum atomic E-state index is 11.0. The van der Waals surface area contributed by atoms with Crippen LogP contribution in [0.5, 0.6) is 0 Å². The Bertz CT molecular complexity index is 547. The van der Waals surface area contributed by atoms with E-state index in [2.05, 4.69) is 13.6 Å². The molecule has 24 heavy (non-hydrogen) atoms. The Morgan fingerprint density at radius 1 is 0.875 bits per heavy atom. The summed E-state index contributed by atoms with van der Waals surface area (Å²) >= 11 is 0. The highest BCUT2D eigenvalue weighted by Gasteiger charge is 2.52. The number of rotatable bonds is 9. The molecule has 1 aliphatic heterocycles. The minimum absolute atomic E-state index is 0.0413. The van der Waals surface area contributed by atoms with Gasteiger partial charge in [-0.05, 0) is 6.92 Å². The molecule has 4 atom stereocenters. The van der Waals surface area contributed by atoms with Gasteiger partial charge in [0.05, 0.1) is 6.61 Å². The first-order valence-electron chi connectivity index (χ1n) is 6.17. The molecule has 6 N–H and O–H groups in total. The van der Waals surface area contributed by atoms with Crippen LogP contribution < -0.4 is 0 Å². The van der Waals surface area contributed by atoms with Crippen molar-refractivity contribution in [2.45, 2.75) is 31.5 Å². The highest BCUT2D eigenvalue weighted by molar-refractivity contribution is 7.46. The van der Waals surface area contributed by atoms with Gasteiger partial charge in [0.25, 0.3) is 0 Å². The van der Waals surface area contributed by atoms with Crippen LogP contribution in [-0.2, 0) is 36.7 Å². The van der Waals surface area contributed by atoms with Crippen LogP contribution in [0.3, 0.4) is 0 Å². The van der Waals surface area contributed by atoms with Gasteiger partial charge in [-0.1, -0.05) is 0 Å². The maximum absolute atomic E-state index is 11.0. The average molecular weight is 418 g/mol. The molecule has 0 bridgehead atoms. The van der Waals surface area contributed by atoms with Crippen LogP contribution in [0.4, 0.5) is 0 Å². The molecule has 0 radical (unpaired) electrons. The zero-order valence-corrected chi connectivity index (χ0v) is 14.7. The molecule has 17 heteroatoms. The topological polar surface area (TPSA) is 219 Å². The van der Waals surface area contributed by atoms with Crippen LogP contribution in [0.25, 0.3) is 0 Å². The molecular formula is C7H17O14P3. The van der Waals surface area contributed by atoms with E-state index < -0.39 is 54.7 Å². The second kappa shape index (κ2) is 8.30. The van der Waals surface area contributed by atoms with Crippen molar-refractivity contribution in [3.8, 4) is 0 Å². The van der Waals surface area contributed by atoms with E-state index in [0.29, 0.717) is 0 Å². The van der Waals surface area contributed by atoms with Crippen molar-refractivity contribution >= 4 is 23.5 Å². The molecule has 1 fully saturated rings. The predicted octanol–water partition coefficient (Wildman–Crippen LogP) is -1.19. The number of ether oxygens (including phenoxy) is 2. The van der Waals surface area contributed by atoms with E-state index in [4.69, 9.17) is 38.8 Å². The van der Waals surface area contributed by atoms with Crippen molar-refractivity contribution in [3.05, 3.63) is 0 Å². The maximum Gasteiger partial charge on any atom is 0.470 e. The molecule has 0 unspecified atom stereocenters. The van der Waals surface area contributed by atoms with Crippen LogP contribution in [0.1, 0.15) is 6.92 Å². The molecule has 0 spiro atoms. The zero-order valence-electron chi connectivity index (χ0n) is 12.0. The molecule has 144 valence electrons. The molecule has 0 aliphatic carbocycles. The van der Waals surface area contributed by atoms with E-state index >= 15 is 0 Å². The third kappa shape index (κ3) is 8.09. The molecule has 1 saturated heterocycles. The van der Waals surface area contributed by atoms with E-state index in [1.165, 1.54) is 6.92 Å². The predicted molar refractivity (Wildman–Crippen MR) is 72.1 cm³/mol. The lowest BCUT2D eigenvalue weighted by Crippen LogP contribution is -2.38. The van der Waals surface area contributed by atoms with Gasteiger partial charge < -0.3 is 38.8 Å². The van der Waals surface area contributed by atoms with E-state index in [1.54, 1.807) is 0 Å². The quantitative estimate of drug-likeness (QED) is 0.243. The van der Waals surface area contributed by atoms with E-state index in [-0.39, 0.29) is 6.61 Å². The Morgan fingerprint density at radius 3 is 1.79 bits per heavy atom. The van der Waals surface area contributed by atoms with Crippen molar-refractivity contribution in [2.75, 3.05) is 13.2 Å². The summed E-state index contributed by atoms with van der Waals surface area (Å²) in [5.41, 5.74) is 0. The molecule has 0 amide bonds. The fourth-order valence-electron chi connectivity index (χ4n) is 1.85. The summed E-state index contributed by atoms with van der Waals surface area (Å²) < 4.78 is 55.8. The second-order valence-electron chi connectivity index (χ2n) is 4.41. The molecular weight excluding hydrogens is 401 g/mol. The van der Waals surface area contributed by atoms with Crippen LogP contribution >= 0.6 is 23.5 Å². The van der Waals surface area contributed by atoms with Gasteiger partial charge in [-0.25, -0.2) is 13.7 Å². The second-order valence-corrected chi connectivity index (χ2v) is 8.03. The Labute approximate surface area is 135 Å². The standard InChI is InChI=1S/C7H17O14P3/c1-2-17-7-6(21-24(14,15)16)5(20-23(11,12)13)4(19-7)3-18-22(8,9)10/h4-7H,2-3H2,1H3,(H2,8,9,10)(H2,11,12,13)(H2,14,15,16)/t4-,5-,6+,7-/m0/s1. The summed E-state index contributed by atoms with van der Waals surface area (Å²) in [5.74, 6) is 0. The van der Waals surface area contributed by atoms with Crippen LogP contribution in [0.2, 0.25) is 0 Å². The van der Waals surface area contributed by atoms with Crippen LogP contribution in [0, 0.1) is 0 Å². The highest BCUT2D eigenvalue weighted by Crippen LogP contribution is 2.48. The Kier molecular flexibility index (Phi) is 7.70. The molecule has 1 heterocycles. The van der Waals surface area contributed by atoms with Crippen molar-refractivity contribution in [3.63, 3.8) is 0 Å². The van der Waals surface area contributed by atoms with Crippen LogP contribution in [-0.4, -0.2) is 67.2 Å². The van der Waals surface area contributed by atoms with Gasteiger partial charge in [-0.2, -0.15) is 0 Å². The van der Waals surface area contributed by atoms with Gasteiger partial charge in [0.2, 0.25) is 0 Å². The third-order valence-electron chi connectivity index (χ3n) is 2.52. The molecule has 0 aromatic rings. The first-order chi connectivity index (χ1) is 10.7. The SMILES string of the molecule is CCO[C@H]1O[C@@H](COP(=O)(O)O)[C@H](OP(=O)(O)O)[C@H]1OP(=O)(O)O. The normalized spacial score (nSPS) is 29.1. The Balaban J connectivity index is 3.05. The summed E-state index contributed by atoms with van der Waals surface area (Å²) in [6.07, 6.45) is -6.74. The molecule has 1 rings (SSSR count). The van der Waals surface area contributed by atoms with Crippen molar-refractivity contribution in [1.29, 1.82) is 0 Å². The number of phosphoric acid groups is 3. The molecule has 0 aromatic carbocycles. The lowest BCUT2D eigenvalue weighted by atomic mass is 10.1. The molecule has 0 saturated carbocycles. The minimum atomic E-state index is -5.18. The average Bonchev–Trinajstić information content (AvgIpc) is 2.61. The molecule has 1 aliphatic rings. The van der Waals surface area contributed by atoms with E-state index in [0.717, 1.165) is 0 Å². The summed E-state index contributed by atoms with van der Waals surface area (Å²) in [7, 11) is -15.3. The van der Waals surface area contributed by atoms with Gasteiger partial charge >= 0.3 is 23.5 Å². The minimum Gasteiger partial charge on any atom is -0.350 e. The van der Waals surface area contributed by atoms with Gasteiger partial charge in [0.15, 0.2) is 6.29 Å². The van der Waals surface area contributed by atoms with Crippen molar-refractivity contribution in [2.24, 2.45) is 0 Å². The first kappa shape index (κ1) is 22.3. The lowest BCUT2D eigenvalue weighted by molar-refractivity contribution is -0.163. The van der Waals surface area contributed by atoms with Crippen molar-refractivity contribution in [1.82, 2.24) is 0 Å². The monoisotopic (exact) mass is 418 g/mol. The van der Waals surface area contributed by atoms with Gasteiger partial charge in [0.1, 0.15) is 18.3 Å². The van der Waals surface area contributed by atoms with Crippen LogP contribution in [0.15, 0.2) is 0 Å². The van der Waals surface area contributed by atoms with E-state index in [9.17, 15) is 13.7 Å². The summed E-state index contributed by atoms with van der Waals surface area (Å²) in [5, 5.41) is 0. The van der Waals surface area contributed by atoms with E-state index in [1.807, 2.05) is 0 Å². The van der Waals surface area contributed by atoms with Crippen molar-refractivity contribution < 1.29 is 66.1 Å². The first-order valence-corrected chi connectivity index (χ1v) is 10.8. The number of hydrogen-bond acceptors (Lipinski definition) is 8. The number of hydrogen-bond donors (Lipinski definition) is 6. The highest BCUT2D eigenvalue weighted by atomic mass is 31.2. The zero-order chi connectivity index (χ0) is 18.8. The Hall–Kier alpha value is 0.250. The summed E-state index contributed by atoms with van der Waals surface area (Å²) in [4.78, 5) is 52.9. The Morgan fingerprint density at radius 2 is 1.38 bits per heavy atom. The van der Waals surface area contributed by atoms with Gasteiger partial charge in [-0.15, -0.1) is 0 Å². The fraction of sp³-hybridized carbons (Fsp3) is 1.00.